The Balaban J connectivity index is 2.57. The minimum absolute atomic E-state index is 0.130. The molecule has 0 aromatic heterocycles. The fourth-order valence-electron chi connectivity index (χ4n) is 1.34. The first-order valence-electron chi connectivity index (χ1n) is 4.06. The normalized spacial score (nSPS) is 31.3. The largest absolute Gasteiger partial charge is 0.394 e. The molecule has 0 aliphatic carbocycles. The number of aliphatic hydroxyl groups excluding tert-OH is 1. The van der Waals surface area contributed by atoms with E-state index in [0.29, 0.717) is 0 Å². The van der Waals surface area contributed by atoms with E-state index in [-0.39, 0.29) is 19.3 Å². The van der Waals surface area contributed by atoms with Crippen LogP contribution in [-0.2, 0) is 9.47 Å². The van der Waals surface area contributed by atoms with Crippen molar-refractivity contribution in [3.05, 3.63) is 10.4 Å². The molecule has 1 saturated heterocycles. The van der Waals surface area contributed by atoms with Crippen molar-refractivity contribution in [2.75, 3.05) is 13.2 Å². The summed E-state index contributed by atoms with van der Waals surface area (Å²) in [5, 5.41) is 12.3. The molecule has 0 radical (unpaired) electrons. The quantitative estimate of drug-likeness (QED) is 0.403. The molecule has 0 bridgehead atoms. The minimum Gasteiger partial charge on any atom is -0.394 e. The maximum absolute atomic E-state index is 8.93. The molecule has 13 heavy (non-hydrogen) atoms. The van der Waals surface area contributed by atoms with Crippen molar-refractivity contribution in [2.45, 2.75) is 31.8 Å². The van der Waals surface area contributed by atoms with E-state index in [1.807, 2.05) is 0 Å². The maximum atomic E-state index is 8.93. The zero-order valence-corrected chi connectivity index (χ0v) is 7.67. The maximum Gasteiger partial charge on any atom is 0.163 e. The average molecular weight is 187 g/mol. The van der Waals surface area contributed by atoms with E-state index in [2.05, 4.69) is 10.0 Å². The second kappa shape index (κ2) is 3.93. The molecule has 0 saturated carbocycles. The number of nitrogens with zero attached hydrogens (tertiary/aromatic N) is 3. The predicted molar refractivity (Wildman–Crippen MR) is 44.9 cm³/mol. The molecule has 6 nitrogen and oxygen atoms in total. The van der Waals surface area contributed by atoms with E-state index in [4.69, 9.17) is 20.1 Å². The van der Waals surface area contributed by atoms with Crippen LogP contribution in [0.1, 0.15) is 13.8 Å². The Kier molecular flexibility index (Phi) is 3.11. The Morgan fingerprint density at radius 3 is 2.62 bits per heavy atom. The molecule has 1 aliphatic rings. The van der Waals surface area contributed by atoms with Gasteiger partial charge in [0.05, 0.1) is 19.3 Å². The second-order valence-corrected chi connectivity index (χ2v) is 3.31. The molecule has 0 amide bonds. The second-order valence-electron chi connectivity index (χ2n) is 3.31. The van der Waals surface area contributed by atoms with Crippen molar-refractivity contribution in [2.24, 2.45) is 5.11 Å². The highest BCUT2D eigenvalue weighted by Crippen LogP contribution is 2.27. The fraction of sp³-hybridized carbons (Fsp3) is 1.00. The van der Waals surface area contributed by atoms with Crippen molar-refractivity contribution in [3.63, 3.8) is 0 Å². The summed E-state index contributed by atoms with van der Waals surface area (Å²) in [6.45, 7) is 3.57. The molecule has 1 aliphatic heterocycles. The van der Waals surface area contributed by atoms with Gasteiger partial charge in [-0.1, -0.05) is 5.11 Å². The lowest BCUT2D eigenvalue weighted by molar-refractivity contribution is -0.148. The van der Waals surface area contributed by atoms with E-state index >= 15 is 0 Å². The van der Waals surface area contributed by atoms with Crippen LogP contribution in [0.4, 0.5) is 0 Å². The molecule has 0 aromatic rings. The van der Waals surface area contributed by atoms with Crippen molar-refractivity contribution in [1.82, 2.24) is 0 Å². The van der Waals surface area contributed by atoms with Crippen molar-refractivity contribution in [3.8, 4) is 0 Å². The average Bonchev–Trinajstić information content (AvgIpc) is 2.37. The van der Waals surface area contributed by atoms with Crippen LogP contribution in [-0.4, -0.2) is 36.3 Å². The SMILES string of the molecule is CC1(C)O[C@@H](CN=[N+]=[N-])[C@@H](CO)O1. The number of hydrogen-bond donors (Lipinski definition) is 1. The van der Waals surface area contributed by atoms with Crippen LogP contribution in [0.15, 0.2) is 5.11 Å². The molecule has 0 unspecified atom stereocenters. The molecule has 1 N–H and O–H groups in total. The summed E-state index contributed by atoms with van der Waals surface area (Å²) in [7, 11) is 0. The topological polar surface area (TPSA) is 87.5 Å². The lowest BCUT2D eigenvalue weighted by atomic mass is 10.2. The zero-order valence-electron chi connectivity index (χ0n) is 7.67. The fourth-order valence-corrected chi connectivity index (χ4v) is 1.34. The van der Waals surface area contributed by atoms with E-state index in [0.717, 1.165) is 0 Å². The van der Waals surface area contributed by atoms with Crippen LogP contribution >= 0.6 is 0 Å². The smallest absolute Gasteiger partial charge is 0.163 e. The molecule has 0 aromatic carbocycles. The van der Waals surface area contributed by atoms with E-state index < -0.39 is 11.9 Å². The number of hydrogen-bond acceptors (Lipinski definition) is 4. The molecule has 2 atom stereocenters. The summed E-state index contributed by atoms with van der Waals surface area (Å²) in [4.78, 5) is 2.62. The number of ether oxygens (including phenoxy) is 2. The summed E-state index contributed by atoms with van der Waals surface area (Å²) in [5.41, 5.74) is 8.12. The van der Waals surface area contributed by atoms with Gasteiger partial charge in [0.1, 0.15) is 6.10 Å². The van der Waals surface area contributed by atoms with Gasteiger partial charge in [0.2, 0.25) is 0 Å². The summed E-state index contributed by atoms with van der Waals surface area (Å²) >= 11 is 0. The van der Waals surface area contributed by atoms with Gasteiger partial charge < -0.3 is 14.6 Å². The van der Waals surface area contributed by atoms with E-state index in [1.54, 1.807) is 13.8 Å². The molecule has 1 rings (SSSR count). The number of aliphatic hydroxyl groups is 1. The summed E-state index contributed by atoms with van der Waals surface area (Å²) in [5.74, 6) is -0.705. The highest BCUT2D eigenvalue weighted by atomic mass is 16.8. The number of rotatable bonds is 3. The molecule has 6 heteroatoms. The molecule has 1 heterocycles. The Morgan fingerprint density at radius 2 is 2.08 bits per heavy atom. The van der Waals surface area contributed by atoms with Gasteiger partial charge in [0.25, 0.3) is 0 Å². The minimum atomic E-state index is -0.705. The first kappa shape index (κ1) is 10.3. The number of azide groups is 1. The van der Waals surface area contributed by atoms with Crippen LogP contribution in [0.2, 0.25) is 0 Å². The molecular weight excluding hydrogens is 174 g/mol. The van der Waals surface area contributed by atoms with Gasteiger partial charge in [-0.25, -0.2) is 0 Å². The van der Waals surface area contributed by atoms with Gasteiger partial charge in [-0.15, -0.1) is 0 Å². The Morgan fingerprint density at radius 1 is 1.46 bits per heavy atom. The van der Waals surface area contributed by atoms with Gasteiger partial charge in [0, 0.05) is 4.91 Å². The summed E-state index contributed by atoms with van der Waals surface area (Å²) in [6.07, 6.45) is -0.753. The monoisotopic (exact) mass is 187 g/mol. The first-order chi connectivity index (χ1) is 6.09. The lowest BCUT2D eigenvalue weighted by Gasteiger charge is -2.16. The van der Waals surface area contributed by atoms with Gasteiger partial charge in [-0.05, 0) is 19.4 Å². The summed E-state index contributed by atoms with van der Waals surface area (Å²) < 4.78 is 10.8. The Labute approximate surface area is 76.1 Å². The summed E-state index contributed by atoms with van der Waals surface area (Å²) in [6, 6.07) is 0. The van der Waals surface area contributed by atoms with Gasteiger partial charge in [-0.3, -0.25) is 0 Å². The third-order valence-electron chi connectivity index (χ3n) is 1.79. The standard InChI is InChI=1S/C7H13N3O3/c1-7(2)12-5(3-9-10-8)6(4-11)13-7/h5-6,11H,3-4H2,1-2H3/t5-,6+/m0/s1. The van der Waals surface area contributed by atoms with Crippen LogP contribution in [0.25, 0.3) is 10.4 Å². The lowest BCUT2D eigenvalue weighted by Crippen LogP contribution is -2.28. The highest BCUT2D eigenvalue weighted by Gasteiger charge is 2.40. The van der Waals surface area contributed by atoms with Crippen molar-refractivity contribution < 1.29 is 14.6 Å². The highest BCUT2D eigenvalue weighted by molar-refractivity contribution is 4.82. The van der Waals surface area contributed by atoms with Crippen LogP contribution in [0.3, 0.4) is 0 Å². The van der Waals surface area contributed by atoms with Crippen LogP contribution < -0.4 is 0 Å². The molecule has 0 spiro atoms. The molecule has 74 valence electrons. The molecular formula is C7H13N3O3. The predicted octanol–water partition coefficient (Wildman–Crippen LogP) is 0.809. The first-order valence-corrected chi connectivity index (χ1v) is 4.06. The van der Waals surface area contributed by atoms with E-state index in [1.165, 1.54) is 0 Å². The Bertz CT molecular complexity index is 225. The zero-order chi connectivity index (χ0) is 9.90. The Hall–Kier alpha value is -0.810. The van der Waals surface area contributed by atoms with Crippen molar-refractivity contribution in [1.29, 1.82) is 0 Å². The van der Waals surface area contributed by atoms with Crippen LogP contribution in [0, 0.1) is 0 Å². The van der Waals surface area contributed by atoms with E-state index in [9.17, 15) is 0 Å². The third-order valence-corrected chi connectivity index (χ3v) is 1.79. The van der Waals surface area contributed by atoms with Gasteiger partial charge in [-0.2, -0.15) is 0 Å². The van der Waals surface area contributed by atoms with Gasteiger partial charge >= 0.3 is 0 Å². The van der Waals surface area contributed by atoms with Crippen LogP contribution in [0.5, 0.6) is 0 Å². The van der Waals surface area contributed by atoms with Gasteiger partial charge in [0.15, 0.2) is 5.79 Å². The van der Waals surface area contributed by atoms with Crippen molar-refractivity contribution >= 4 is 0 Å². The third kappa shape index (κ3) is 2.57. The molecule has 1 fully saturated rings.